The first-order chi connectivity index (χ1) is 17.4. The summed E-state index contributed by atoms with van der Waals surface area (Å²) in [5, 5.41) is 15.5. The van der Waals surface area contributed by atoms with Crippen molar-refractivity contribution in [1.29, 1.82) is 0 Å². The molecule has 2 aromatic carbocycles. The number of halogens is 2. The third kappa shape index (κ3) is 5.21. The number of hydrogen-bond acceptors (Lipinski definition) is 7. The first kappa shape index (κ1) is 23.9. The summed E-state index contributed by atoms with van der Waals surface area (Å²) in [5.74, 6) is -0.358. The number of carbonyl (C=O) groups excluding carboxylic acids is 1. The van der Waals surface area contributed by atoms with Gasteiger partial charge in [-0.05, 0) is 29.8 Å². The fraction of sp³-hybridized carbons (Fsp3) is 0.320. The molecule has 0 radical (unpaired) electrons. The van der Waals surface area contributed by atoms with Crippen LogP contribution in [0.5, 0.6) is 11.5 Å². The molecule has 11 heteroatoms. The maximum Gasteiger partial charge on any atom is 0.246 e. The van der Waals surface area contributed by atoms with Gasteiger partial charge < -0.3 is 19.5 Å². The summed E-state index contributed by atoms with van der Waals surface area (Å²) in [6.45, 7) is 2.04. The normalized spacial score (nSPS) is 17.5. The molecule has 3 aromatic rings. The van der Waals surface area contributed by atoms with Crippen molar-refractivity contribution in [3.63, 3.8) is 0 Å². The second-order valence-electron chi connectivity index (χ2n) is 8.80. The molecular formula is C25H25F2N5O4. The highest BCUT2D eigenvalue weighted by Crippen LogP contribution is 2.33. The molecule has 3 heterocycles. The van der Waals surface area contributed by atoms with Crippen LogP contribution >= 0.6 is 0 Å². The molecule has 1 unspecified atom stereocenters. The van der Waals surface area contributed by atoms with Gasteiger partial charge in [0.2, 0.25) is 12.7 Å². The minimum Gasteiger partial charge on any atom is -0.454 e. The van der Waals surface area contributed by atoms with E-state index in [-0.39, 0.29) is 31.4 Å². The van der Waals surface area contributed by atoms with E-state index in [4.69, 9.17) is 9.47 Å². The molecule has 1 amide bonds. The fourth-order valence-electron chi connectivity index (χ4n) is 4.46. The van der Waals surface area contributed by atoms with Gasteiger partial charge in [0.25, 0.3) is 0 Å². The molecule has 0 aliphatic carbocycles. The van der Waals surface area contributed by atoms with E-state index in [0.717, 1.165) is 17.7 Å². The van der Waals surface area contributed by atoms with Crippen molar-refractivity contribution >= 4 is 12.0 Å². The van der Waals surface area contributed by atoms with Crippen molar-refractivity contribution < 1.29 is 28.2 Å². The molecule has 0 spiro atoms. The molecule has 1 N–H and O–H groups in total. The Morgan fingerprint density at radius 1 is 1.06 bits per heavy atom. The van der Waals surface area contributed by atoms with Crippen LogP contribution in [-0.2, 0) is 16.9 Å². The summed E-state index contributed by atoms with van der Waals surface area (Å²) in [5.41, 5.74) is -0.882. The van der Waals surface area contributed by atoms with Crippen molar-refractivity contribution in [1.82, 2.24) is 24.6 Å². The molecule has 188 valence electrons. The summed E-state index contributed by atoms with van der Waals surface area (Å²) < 4.78 is 40.2. The molecule has 9 nitrogen and oxygen atoms in total. The molecular weight excluding hydrogens is 472 g/mol. The van der Waals surface area contributed by atoms with Crippen LogP contribution in [0.3, 0.4) is 0 Å². The molecule has 2 aliphatic heterocycles. The SMILES string of the molecule is O=C(C=Cc1ccc2c(c1)OCO2)N1CCN(CC(O)(Cn2cncn2)c2ccc(F)cc2F)CC1. The smallest absolute Gasteiger partial charge is 0.246 e. The molecule has 0 saturated carbocycles. The predicted octanol–water partition coefficient (Wildman–Crippen LogP) is 2.03. The zero-order valence-corrected chi connectivity index (χ0v) is 19.4. The number of rotatable bonds is 7. The number of hydrogen-bond donors (Lipinski definition) is 1. The van der Waals surface area contributed by atoms with Gasteiger partial charge in [-0.3, -0.25) is 9.69 Å². The number of aliphatic hydroxyl groups is 1. The summed E-state index contributed by atoms with van der Waals surface area (Å²) in [6.07, 6.45) is 5.99. The number of β-amino-alcohol motifs (C(OH)–C–C–N with tert-alkyl or cyclic N) is 1. The number of piperazine rings is 1. The van der Waals surface area contributed by atoms with Crippen LogP contribution in [0.1, 0.15) is 11.1 Å². The second kappa shape index (κ2) is 10.0. The number of aromatic nitrogens is 3. The van der Waals surface area contributed by atoms with Crippen LogP contribution in [0, 0.1) is 11.6 Å². The largest absolute Gasteiger partial charge is 0.454 e. The minimum atomic E-state index is -1.68. The van der Waals surface area contributed by atoms with Crippen LogP contribution in [0.25, 0.3) is 6.08 Å². The maximum atomic E-state index is 14.7. The first-order valence-electron chi connectivity index (χ1n) is 11.5. The van der Waals surface area contributed by atoms with Crippen molar-refractivity contribution in [3.8, 4) is 11.5 Å². The fourth-order valence-corrected chi connectivity index (χ4v) is 4.46. The van der Waals surface area contributed by atoms with E-state index in [1.165, 1.54) is 29.5 Å². The van der Waals surface area contributed by atoms with Gasteiger partial charge in [0.05, 0.1) is 6.54 Å². The lowest BCUT2D eigenvalue weighted by Crippen LogP contribution is -2.53. The third-order valence-corrected chi connectivity index (χ3v) is 6.31. The summed E-state index contributed by atoms with van der Waals surface area (Å²) in [6, 6.07) is 8.59. The zero-order valence-electron chi connectivity index (χ0n) is 19.4. The van der Waals surface area contributed by atoms with E-state index in [9.17, 15) is 18.7 Å². The second-order valence-corrected chi connectivity index (χ2v) is 8.80. The Kier molecular flexibility index (Phi) is 6.66. The molecule has 1 aromatic heterocycles. The Morgan fingerprint density at radius 3 is 2.61 bits per heavy atom. The van der Waals surface area contributed by atoms with Crippen LogP contribution in [-0.4, -0.2) is 75.1 Å². The first-order valence-corrected chi connectivity index (χ1v) is 11.5. The lowest BCUT2D eigenvalue weighted by Gasteiger charge is -2.39. The number of nitrogens with zero attached hydrogens (tertiary/aromatic N) is 5. The number of carbonyl (C=O) groups is 1. The lowest BCUT2D eigenvalue weighted by atomic mass is 9.92. The van der Waals surface area contributed by atoms with Crippen molar-refractivity contribution in [2.75, 3.05) is 39.5 Å². The van der Waals surface area contributed by atoms with E-state index in [1.807, 2.05) is 17.0 Å². The summed E-state index contributed by atoms with van der Waals surface area (Å²) in [4.78, 5) is 20.3. The molecule has 5 rings (SSSR count). The van der Waals surface area contributed by atoms with Gasteiger partial charge in [-0.25, -0.2) is 18.4 Å². The van der Waals surface area contributed by atoms with Crippen LogP contribution in [0.2, 0.25) is 0 Å². The topological polar surface area (TPSA) is 93.0 Å². The average molecular weight is 498 g/mol. The minimum absolute atomic E-state index is 0.0236. The van der Waals surface area contributed by atoms with Crippen LogP contribution in [0.15, 0.2) is 55.1 Å². The highest BCUT2D eigenvalue weighted by atomic mass is 19.1. The van der Waals surface area contributed by atoms with E-state index < -0.39 is 17.2 Å². The van der Waals surface area contributed by atoms with Gasteiger partial charge in [0.15, 0.2) is 11.5 Å². The van der Waals surface area contributed by atoms with E-state index in [0.29, 0.717) is 37.7 Å². The number of benzene rings is 2. The lowest BCUT2D eigenvalue weighted by molar-refractivity contribution is -0.128. The van der Waals surface area contributed by atoms with E-state index >= 15 is 0 Å². The highest BCUT2D eigenvalue weighted by Gasteiger charge is 2.36. The van der Waals surface area contributed by atoms with Crippen LogP contribution in [0.4, 0.5) is 8.78 Å². The van der Waals surface area contributed by atoms with Gasteiger partial charge in [-0.1, -0.05) is 12.1 Å². The van der Waals surface area contributed by atoms with Gasteiger partial charge in [-0.2, -0.15) is 5.10 Å². The third-order valence-electron chi connectivity index (χ3n) is 6.31. The van der Waals surface area contributed by atoms with E-state index in [1.54, 1.807) is 17.0 Å². The predicted molar refractivity (Wildman–Crippen MR) is 125 cm³/mol. The Morgan fingerprint density at radius 2 is 1.86 bits per heavy atom. The number of amides is 1. The van der Waals surface area contributed by atoms with Gasteiger partial charge in [-0.15, -0.1) is 0 Å². The quantitative estimate of drug-likeness (QED) is 0.500. The Labute approximate surface area is 206 Å². The van der Waals surface area contributed by atoms with Crippen molar-refractivity contribution in [2.24, 2.45) is 0 Å². The standard InChI is InChI=1S/C25H25F2N5O4/c26-19-3-4-20(21(27)12-19)25(34,14-32-16-28-15-29-32)13-30-7-9-31(10-8-30)24(33)6-2-18-1-5-22-23(11-18)36-17-35-22/h1-6,11-12,15-16,34H,7-10,13-14,17H2. The highest BCUT2D eigenvalue weighted by molar-refractivity contribution is 5.92. The molecule has 1 saturated heterocycles. The number of ether oxygens (including phenoxy) is 2. The Balaban J connectivity index is 1.23. The summed E-state index contributed by atoms with van der Waals surface area (Å²) >= 11 is 0. The molecule has 0 bridgehead atoms. The van der Waals surface area contributed by atoms with Gasteiger partial charge in [0, 0.05) is 50.4 Å². The van der Waals surface area contributed by atoms with E-state index in [2.05, 4.69) is 10.1 Å². The van der Waals surface area contributed by atoms with Gasteiger partial charge in [0.1, 0.15) is 29.9 Å². The Bertz CT molecular complexity index is 1260. The molecule has 36 heavy (non-hydrogen) atoms. The van der Waals surface area contributed by atoms with Gasteiger partial charge >= 0.3 is 0 Å². The maximum absolute atomic E-state index is 14.7. The molecule has 2 aliphatic rings. The zero-order chi connectivity index (χ0) is 25.1. The Hall–Kier alpha value is -3.83. The van der Waals surface area contributed by atoms with Crippen LogP contribution < -0.4 is 9.47 Å². The molecule has 1 atom stereocenters. The number of fused-ring (bicyclic) bond motifs is 1. The van der Waals surface area contributed by atoms with Crippen molar-refractivity contribution in [3.05, 3.63) is 77.9 Å². The molecule has 1 fully saturated rings. The average Bonchev–Trinajstić information content (AvgIpc) is 3.54. The monoisotopic (exact) mass is 497 g/mol. The van der Waals surface area contributed by atoms with Crippen molar-refractivity contribution in [2.45, 2.75) is 12.1 Å². The summed E-state index contributed by atoms with van der Waals surface area (Å²) in [7, 11) is 0.